The summed E-state index contributed by atoms with van der Waals surface area (Å²) in [5, 5.41) is 0. The van der Waals surface area contributed by atoms with Gasteiger partial charge in [0.2, 0.25) is 0 Å². The van der Waals surface area contributed by atoms with Crippen molar-refractivity contribution >= 4 is 0 Å². The van der Waals surface area contributed by atoms with E-state index in [4.69, 9.17) is 4.74 Å². The first-order valence-electron chi connectivity index (χ1n) is 9.44. The molecular weight excluding hydrogens is 268 g/mol. The van der Waals surface area contributed by atoms with E-state index in [1.807, 2.05) is 0 Å². The van der Waals surface area contributed by atoms with Crippen molar-refractivity contribution in [3.05, 3.63) is 29.3 Å². The molecule has 0 aromatic heterocycles. The number of hydrogen-bond acceptors (Lipinski definition) is 1. The molecule has 3 aliphatic carbocycles. The van der Waals surface area contributed by atoms with Crippen molar-refractivity contribution in [2.45, 2.75) is 70.6 Å². The van der Waals surface area contributed by atoms with Gasteiger partial charge in [-0.1, -0.05) is 32.3 Å². The summed E-state index contributed by atoms with van der Waals surface area (Å²) in [4.78, 5) is 0. The Labute approximate surface area is 135 Å². The number of fused-ring (bicyclic) bond motifs is 5. The number of aryl methyl sites for hydroxylation is 1. The maximum atomic E-state index is 5.51. The van der Waals surface area contributed by atoms with Crippen LogP contribution in [0.15, 0.2) is 18.2 Å². The molecule has 1 aromatic rings. The number of hydrogen-bond donors (Lipinski definition) is 0. The molecule has 0 unspecified atom stereocenters. The summed E-state index contributed by atoms with van der Waals surface area (Å²) in [5.41, 5.74) is 3.92. The summed E-state index contributed by atoms with van der Waals surface area (Å²) in [6, 6.07) is 6.83. The third-order valence-electron chi connectivity index (χ3n) is 7.42. The third kappa shape index (κ3) is 2.12. The first-order chi connectivity index (χ1) is 10.8. The summed E-state index contributed by atoms with van der Waals surface area (Å²) < 4.78 is 5.51. The highest BCUT2D eigenvalue weighted by molar-refractivity contribution is 5.40. The molecule has 0 aliphatic heterocycles. The SMILES string of the molecule is CC[C@@]12CCCC[C@H]1[C@@H]1CCc3ccc(OC)cc3[C@H]1CC2. The van der Waals surface area contributed by atoms with Crippen LogP contribution in [0, 0.1) is 17.3 Å². The Morgan fingerprint density at radius 2 is 2.05 bits per heavy atom. The number of rotatable bonds is 2. The maximum Gasteiger partial charge on any atom is 0.119 e. The molecule has 0 heterocycles. The van der Waals surface area contributed by atoms with Crippen molar-refractivity contribution < 1.29 is 4.74 Å². The van der Waals surface area contributed by atoms with Crippen LogP contribution in [0.25, 0.3) is 0 Å². The van der Waals surface area contributed by atoms with E-state index in [0.717, 1.165) is 23.5 Å². The van der Waals surface area contributed by atoms with Gasteiger partial charge in [-0.2, -0.15) is 0 Å². The fourth-order valence-electron chi connectivity index (χ4n) is 6.25. The van der Waals surface area contributed by atoms with Crippen molar-refractivity contribution in [3.63, 3.8) is 0 Å². The summed E-state index contributed by atoms with van der Waals surface area (Å²) in [6.45, 7) is 2.46. The molecular formula is C21H30O. The van der Waals surface area contributed by atoms with Crippen LogP contribution < -0.4 is 4.74 Å². The van der Waals surface area contributed by atoms with E-state index in [9.17, 15) is 0 Å². The van der Waals surface area contributed by atoms with Crippen molar-refractivity contribution in [1.82, 2.24) is 0 Å². The zero-order valence-electron chi connectivity index (χ0n) is 14.2. The zero-order valence-corrected chi connectivity index (χ0v) is 14.2. The molecule has 4 rings (SSSR count). The van der Waals surface area contributed by atoms with E-state index in [1.165, 1.54) is 57.8 Å². The molecule has 1 nitrogen and oxygen atoms in total. The van der Waals surface area contributed by atoms with Gasteiger partial charge in [0.1, 0.15) is 5.75 Å². The maximum absolute atomic E-state index is 5.51. The van der Waals surface area contributed by atoms with Crippen LogP contribution in [-0.2, 0) is 6.42 Å². The number of benzene rings is 1. The quantitative estimate of drug-likeness (QED) is 0.678. The van der Waals surface area contributed by atoms with Gasteiger partial charge in [-0.15, -0.1) is 0 Å². The molecule has 1 aromatic carbocycles. The predicted molar refractivity (Wildman–Crippen MR) is 91.5 cm³/mol. The standard InChI is InChI=1S/C21H30O/c1-3-21-12-5-4-6-20(21)18-10-8-15-7-9-16(22-2)14-19(15)17(18)11-13-21/h7,9,14,17-18,20H,3-6,8,10-13H2,1-2H3/t17-,18+,20-,21-/m0/s1. The highest BCUT2D eigenvalue weighted by Crippen LogP contribution is 2.61. The second-order valence-corrected chi connectivity index (χ2v) is 7.98. The van der Waals surface area contributed by atoms with Crippen molar-refractivity contribution in [1.29, 1.82) is 0 Å². The predicted octanol–water partition coefficient (Wildman–Crippen LogP) is 5.72. The van der Waals surface area contributed by atoms with Gasteiger partial charge in [0.25, 0.3) is 0 Å². The topological polar surface area (TPSA) is 9.23 Å². The molecule has 4 atom stereocenters. The summed E-state index contributed by atoms with van der Waals surface area (Å²) in [6.07, 6.45) is 12.9. The smallest absolute Gasteiger partial charge is 0.119 e. The van der Waals surface area contributed by atoms with Crippen molar-refractivity contribution in [3.8, 4) is 5.75 Å². The third-order valence-corrected chi connectivity index (χ3v) is 7.42. The molecule has 2 fully saturated rings. The molecule has 1 heteroatoms. The van der Waals surface area contributed by atoms with Gasteiger partial charge < -0.3 is 4.74 Å². The normalized spacial score (nSPS) is 36.9. The van der Waals surface area contributed by atoms with Crippen LogP contribution in [-0.4, -0.2) is 7.11 Å². The van der Waals surface area contributed by atoms with Crippen LogP contribution in [0.5, 0.6) is 5.75 Å². The van der Waals surface area contributed by atoms with E-state index < -0.39 is 0 Å². The minimum absolute atomic E-state index is 0.690. The number of ether oxygens (including phenoxy) is 1. The fraction of sp³-hybridized carbons (Fsp3) is 0.714. The van der Waals surface area contributed by atoms with Gasteiger partial charge in [0.05, 0.1) is 7.11 Å². The van der Waals surface area contributed by atoms with Crippen molar-refractivity contribution in [2.75, 3.05) is 7.11 Å². The average Bonchev–Trinajstić information content (AvgIpc) is 2.60. The Morgan fingerprint density at radius 3 is 2.86 bits per heavy atom. The molecule has 0 bridgehead atoms. The lowest BCUT2D eigenvalue weighted by atomic mass is 9.49. The minimum atomic E-state index is 0.690. The van der Waals surface area contributed by atoms with Gasteiger partial charge in [0, 0.05) is 0 Å². The van der Waals surface area contributed by atoms with Gasteiger partial charge in [-0.05, 0) is 85.0 Å². The van der Waals surface area contributed by atoms with Gasteiger partial charge in [0.15, 0.2) is 0 Å². The lowest BCUT2D eigenvalue weighted by Gasteiger charge is -2.55. The molecule has 0 amide bonds. The first-order valence-corrected chi connectivity index (χ1v) is 9.44. The van der Waals surface area contributed by atoms with Crippen LogP contribution in [0.1, 0.15) is 75.3 Å². The van der Waals surface area contributed by atoms with Gasteiger partial charge in [-0.3, -0.25) is 0 Å². The van der Waals surface area contributed by atoms with E-state index in [1.54, 1.807) is 18.2 Å². The summed E-state index contributed by atoms with van der Waals surface area (Å²) >= 11 is 0. The van der Waals surface area contributed by atoms with Gasteiger partial charge in [-0.25, -0.2) is 0 Å². The molecule has 0 radical (unpaired) electrons. The molecule has 120 valence electrons. The molecule has 3 aliphatic rings. The summed E-state index contributed by atoms with van der Waals surface area (Å²) in [5.74, 6) is 3.79. The fourth-order valence-corrected chi connectivity index (χ4v) is 6.25. The van der Waals surface area contributed by atoms with E-state index >= 15 is 0 Å². The van der Waals surface area contributed by atoms with Crippen LogP contribution in [0.2, 0.25) is 0 Å². The Kier molecular flexibility index (Phi) is 3.71. The zero-order chi connectivity index (χ0) is 15.2. The van der Waals surface area contributed by atoms with Gasteiger partial charge >= 0.3 is 0 Å². The molecule has 2 saturated carbocycles. The van der Waals surface area contributed by atoms with Crippen LogP contribution >= 0.6 is 0 Å². The molecule has 0 saturated heterocycles. The van der Waals surface area contributed by atoms with E-state index in [-0.39, 0.29) is 0 Å². The second kappa shape index (κ2) is 5.58. The van der Waals surface area contributed by atoms with E-state index in [0.29, 0.717) is 5.41 Å². The summed E-state index contributed by atoms with van der Waals surface area (Å²) in [7, 11) is 1.80. The lowest BCUT2D eigenvalue weighted by Crippen LogP contribution is -2.45. The monoisotopic (exact) mass is 298 g/mol. The largest absolute Gasteiger partial charge is 0.497 e. The molecule has 0 N–H and O–H groups in total. The van der Waals surface area contributed by atoms with E-state index in [2.05, 4.69) is 25.1 Å². The minimum Gasteiger partial charge on any atom is -0.497 e. The highest BCUT2D eigenvalue weighted by Gasteiger charge is 2.50. The number of methoxy groups -OCH3 is 1. The Morgan fingerprint density at radius 1 is 1.14 bits per heavy atom. The first kappa shape index (κ1) is 14.6. The Bertz CT molecular complexity index is 549. The average molecular weight is 298 g/mol. The van der Waals surface area contributed by atoms with Crippen LogP contribution in [0.3, 0.4) is 0 Å². The Hall–Kier alpha value is -0.980. The highest BCUT2D eigenvalue weighted by atomic mass is 16.5. The molecule has 22 heavy (non-hydrogen) atoms. The van der Waals surface area contributed by atoms with Crippen LogP contribution in [0.4, 0.5) is 0 Å². The molecule has 0 spiro atoms. The van der Waals surface area contributed by atoms with Crippen molar-refractivity contribution in [2.24, 2.45) is 17.3 Å². The second-order valence-electron chi connectivity index (χ2n) is 7.98. The Balaban J connectivity index is 1.69. The lowest BCUT2D eigenvalue weighted by molar-refractivity contribution is -0.0214.